The Morgan fingerprint density at radius 3 is 2.10 bits per heavy atom. The van der Waals surface area contributed by atoms with Crippen molar-refractivity contribution in [2.45, 2.75) is 77.1 Å². The van der Waals surface area contributed by atoms with E-state index in [1.54, 1.807) is 0 Å². The summed E-state index contributed by atoms with van der Waals surface area (Å²) < 4.78 is 12.6. The Morgan fingerprint density at radius 2 is 1.50 bits per heavy atom. The van der Waals surface area contributed by atoms with Crippen molar-refractivity contribution >= 4 is 0 Å². The largest absolute Gasteiger partial charge is 0.350 e. The van der Waals surface area contributed by atoms with Gasteiger partial charge in [0.05, 0.1) is 27.7 Å². The summed E-state index contributed by atoms with van der Waals surface area (Å²) in [5, 5.41) is 0. The Hall–Kier alpha value is -0.120. The summed E-state index contributed by atoms with van der Waals surface area (Å²) in [5.41, 5.74) is 0. The summed E-state index contributed by atoms with van der Waals surface area (Å²) >= 11 is 0. The molecule has 0 spiro atoms. The molecule has 0 bridgehead atoms. The second-order valence-corrected chi connectivity index (χ2v) is 7.26. The predicted octanol–water partition coefficient (Wildman–Crippen LogP) is 3.96. The second kappa shape index (κ2) is 9.75. The Kier molecular flexibility index (Phi) is 8.74. The lowest BCUT2D eigenvalue weighted by molar-refractivity contribution is -0.873. The lowest BCUT2D eigenvalue weighted by Gasteiger charge is -2.26. The monoisotopic (exact) mass is 286 g/mol. The first kappa shape index (κ1) is 17.9. The fourth-order valence-electron chi connectivity index (χ4n) is 2.81. The first-order valence-corrected chi connectivity index (χ1v) is 8.59. The van der Waals surface area contributed by atoms with E-state index >= 15 is 0 Å². The molecule has 0 aromatic carbocycles. The van der Waals surface area contributed by atoms with Crippen LogP contribution < -0.4 is 0 Å². The molecule has 0 radical (unpaired) electrons. The third-order valence-electron chi connectivity index (χ3n) is 3.86. The molecular formula is C17H36NO2+. The highest BCUT2D eigenvalue weighted by molar-refractivity contribution is 4.65. The van der Waals surface area contributed by atoms with E-state index in [2.05, 4.69) is 28.1 Å². The first-order chi connectivity index (χ1) is 9.51. The Labute approximate surface area is 126 Å². The SMILES string of the molecule is CCCCCCCCCCC1OCC(C[N+](C)(C)C)O1. The fraction of sp³-hybridized carbons (Fsp3) is 1.00. The van der Waals surface area contributed by atoms with Crippen LogP contribution in [0.2, 0.25) is 0 Å². The van der Waals surface area contributed by atoms with Gasteiger partial charge in [0.2, 0.25) is 0 Å². The second-order valence-electron chi connectivity index (χ2n) is 7.26. The summed E-state index contributed by atoms with van der Waals surface area (Å²) in [6.07, 6.45) is 12.3. The number of likely N-dealkylation sites (N-methyl/N-ethyl adjacent to an activating group) is 1. The number of hydrogen-bond acceptors (Lipinski definition) is 2. The van der Waals surface area contributed by atoms with E-state index < -0.39 is 0 Å². The quantitative estimate of drug-likeness (QED) is 0.423. The lowest BCUT2D eigenvalue weighted by Crippen LogP contribution is -2.42. The van der Waals surface area contributed by atoms with Crippen molar-refractivity contribution in [3.63, 3.8) is 0 Å². The average molecular weight is 286 g/mol. The molecule has 1 rings (SSSR count). The molecule has 0 amide bonds. The van der Waals surface area contributed by atoms with E-state index in [1.807, 2.05) is 0 Å². The Balaban J connectivity index is 1.93. The topological polar surface area (TPSA) is 18.5 Å². The van der Waals surface area contributed by atoms with Gasteiger partial charge in [0.25, 0.3) is 0 Å². The molecule has 2 unspecified atom stereocenters. The van der Waals surface area contributed by atoms with Gasteiger partial charge in [-0.2, -0.15) is 0 Å². The molecule has 20 heavy (non-hydrogen) atoms. The van der Waals surface area contributed by atoms with Gasteiger partial charge in [-0.15, -0.1) is 0 Å². The zero-order valence-electron chi connectivity index (χ0n) is 14.2. The van der Waals surface area contributed by atoms with E-state index in [0.717, 1.165) is 24.1 Å². The van der Waals surface area contributed by atoms with Gasteiger partial charge >= 0.3 is 0 Å². The molecule has 0 aromatic heterocycles. The van der Waals surface area contributed by atoms with E-state index in [0.29, 0.717) is 0 Å². The third-order valence-corrected chi connectivity index (χ3v) is 3.86. The highest BCUT2D eigenvalue weighted by Crippen LogP contribution is 2.19. The molecule has 0 N–H and O–H groups in total. The van der Waals surface area contributed by atoms with Crippen molar-refractivity contribution in [1.82, 2.24) is 0 Å². The molecule has 2 atom stereocenters. The van der Waals surface area contributed by atoms with Crippen LogP contribution in [0.5, 0.6) is 0 Å². The number of hydrogen-bond donors (Lipinski definition) is 0. The van der Waals surface area contributed by atoms with Gasteiger partial charge in [-0.25, -0.2) is 0 Å². The molecule has 0 aromatic rings. The van der Waals surface area contributed by atoms with Gasteiger partial charge in [0.1, 0.15) is 12.6 Å². The summed E-state index contributed by atoms with van der Waals surface area (Å²) in [6, 6.07) is 0. The molecule has 120 valence electrons. The standard InChI is InChI=1S/C17H36NO2/c1-5-6-7-8-9-10-11-12-13-17-19-15-16(20-17)14-18(2,3)4/h16-17H,5-15H2,1-4H3/q+1. The first-order valence-electron chi connectivity index (χ1n) is 8.59. The van der Waals surface area contributed by atoms with Gasteiger partial charge in [-0.05, 0) is 12.8 Å². The summed E-state index contributed by atoms with van der Waals surface area (Å²) in [7, 11) is 6.61. The van der Waals surface area contributed by atoms with Crippen LogP contribution in [0.25, 0.3) is 0 Å². The van der Waals surface area contributed by atoms with Crippen LogP contribution in [0.15, 0.2) is 0 Å². The lowest BCUT2D eigenvalue weighted by atomic mass is 10.1. The van der Waals surface area contributed by atoms with Crippen molar-refractivity contribution in [2.24, 2.45) is 0 Å². The number of ether oxygens (including phenoxy) is 2. The molecule has 0 aliphatic carbocycles. The molecule has 1 fully saturated rings. The van der Waals surface area contributed by atoms with E-state index in [-0.39, 0.29) is 12.4 Å². The maximum Gasteiger partial charge on any atom is 0.158 e. The van der Waals surface area contributed by atoms with Crippen molar-refractivity contribution < 1.29 is 14.0 Å². The summed E-state index contributed by atoms with van der Waals surface area (Å²) in [5.74, 6) is 0. The normalized spacial score (nSPS) is 23.4. The maximum absolute atomic E-state index is 5.96. The number of nitrogens with zero attached hydrogens (tertiary/aromatic N) is 1. The van der Waals surface area contributed by atoms with Crippen LogP contribution in [-0.4, -0.2) is 51.2 Å². The van der Waals surface area contributed by atoms with Crippen molar-refractivity contribution in [2.75, 3.05) is 34.3 Å². The molecular weight excluding hydrogens is 250 g/mol. The molecule has 1 aliphatic heterocycles. The van der Waals surface area contributed by atoms with Crippen molar-refractivity contribution in [3.05, 3.63) is 0 Å². The van der Waals surface area contributed by atoms with E-state index in [1.165, 1.54) is 51.4 Å². The smallest absolute Gasteiger partial charge is 0.158 e. The number of unbranched alkanes of at least 4 members (excludes halogenated alkanes) is 7. The zero-order chi connectivity index (χ0) is 14.8. The minimum atomic E-state index is 0.0617. The average Bonchev–Trinajstić information content (AvgIpc) is 2.78. The highest BCUT2D eigenvalue weighted by atomic mass is 16.7. The van der Waals surface area contributed by atoms with Gasteiger partial charge in [0.15, 0.2) is 6.29 Å². The fourth-order valence-corrected chi connectivity index (χ4v) is 2.81. The Morgan fingerprint density at radius 1 is 0.900 bits per heavy atom. The number of quaternary nitrogens is 1. The van der Waals surface area contributed by atoms with E-state index in [4.69, 9.17) is 9.47 Å². The van der Waals surface area contributed by atoms with Crippen LogP contribution >= 0.6 is 0 Å². The minimum Gasteiger partial charge on any atom is -0.350 e. The maximum atomic E-state index is 5.96. The van der Waals surface area contributed by atoms with Gasteiger partial charge < -0.3 is 14.0 Å². The van der Waals surface area contributed by atoms with Crippen molar-refractivity contribution in [3.8, 4) is 0 Å². The molecule has 3 nitrogen and oxygen atoms in total. The van der Waals surface area contributed by atoms with Gasteiger partial charge in [0, 0.05) is 0 Å². The van der Waals surface area contributed by atoms with Crippen LogP contribution in [0.4, 0.5) is 0 Å². The molecule has 0 saturated carbocycles. The molecule has 3 heteroatoms. The number of rotatable bonds is 11. The minimum absolute atomic E-state index is 0.0617. The van der Waals surface area contributed by atoms with Gasteiger partial charge in [-0.3, -0.25) is 0 Å². The van der Waals surface area contributed by atoms with Crippen LogP contribution in [-0.2, 0) is 9.47 Å². The van der Waals surface area contributed by atoms with E-state index in [9.17, 15) is 0 Å². The molecule has 1 heterocycles. The van der Waals surface area contributed by atoms with Crippen molar-refractivity contribution in [1.29, 1.82) is 0 Å². The zero-order valence-corrected chi connectivity index (χ0v) is 14.2. The summed E-state index contributed by atoms with van der Waals surface area (Å²) in [6.45, 7) is 4.08. The third kappa shape index (κ3) is 8.93. The van der Waals surface area contributed by atoms with Gasteiger partial charge in [-0.1, -0.05) is 51.9 Å². The molecule has 1 saturated heterocycles. The van der Waals surface area contributed by atoms with Crippen LogP contribution in [0.3, 0.4) is 0 Å². The highest BCUT2D eigenvalue weighted by Gasteiger charge is 2.29. The predicted molar refractivity (Wildman–Crippen MR) is 84.7 cm³/mol. The summed E-state index contributed by atoms with van der Waals surface area (Å²) in [4.78, 5) is 0. The van der Waals surface area contributed by atoms with Crippen LogP contribution in [0, 0.1) is 0 Å². The van der Waals surface area contributed by atoms with Crippen LogP contribution in [0.1, 0.15) is 64.7 Å². The Bertz CT molecular complexity index is 238. The molecule has 1 aliphatic rings.